The van der Waals surface area contributed by atoms with Gasteiger partial charge in [0.25, 0.3) is 0 Å². The van der Waals surface area contributed by atoms with E-state index < -0.39 is 60.8 Å². The molecular formula is C21H23F3N6O2. The van der Waals surface area contributed by atoms with Crippen LogP contribution in [0.4, 0.5) is 30.8 Å². The van der Waals surface area contributed by atoms with Crippen LogP contribution in [0.1, 0.15) is 46.2 Å². The molecule has 1 aromatic carbocycles. The SMILES string of the molecule is [2H]C1([2H])CC(O)C([2H])([2H])C([2H])([2H])C1Nc1ncc2nc(Nc3c(F)cc(F)cc3F)n(C3CCOC3)c2n1. The van der Waals surface area contributed by atoms with Crippen molar-refractivity contribution in [2.24, 2.45) is 0 Å². The molecule has 3 heterocycles. The number of nitrogens with one attached hydrogen (secondary N) is 2. The average Bonchev–Trinajstić information content (AvgIpc) is 3.45. The Bertz CT molecular complexity index is 1360. The number of aromatic nitrogens is 4. The van der Waals surface area contributed by atoms with E-state index in [0.717, 1.165) is 0 Å². The lowest BCUT2D eigenvalue weighted by molar-refractivity contribution is 0.126. The maximum Gasteiger partial charge on any atom is 0.224 e. The molecule has 5 rings (SSSR count). The maximum atomic E-state index is 14.4. The van der Waals surface area contributed by atoms with E-state index >= 15 is 0 Å². The van der Waals surface area contributed by atoms with Crippen molar-refractivity contribution in [3.63, 3.8) is 0 Å². The Labute approximate surface area is 190 Å². The van der Waals surface area contributed by atoms with Gasteiger partial charge in [0.05, 0.1) is 24.9 Å². The van der Waals surface area contributed by atoms with Gasteiger partial charge in [-0.15, -0.1) is 0 Å². The Balaban J connectivity index is 1.56. The van der Waals surface area contributed by atoms with Crippen LogP contribution in [-0.4, -0.2) is 50.0 Å². The molecule has 3 atom stereocenters. The van der Waals surface area contributed by atoms with Crippen LogP contribution >= 0.6 is 0 Å². The van der Waals surface area contributed by atoms with E-state index in [1.807, 2.05) is 0 Å². The molecule has 0 amide bonds. The van der Waals surface area contributed by atoms with E-state index in [1.165, 1.54) is 10.8 Å². The summed E-state index contributed by atoms with van der Waals surface area (Å²) in [5.74, 6) is -3.77. The predicted molar refractivity (Wildman–Crippen MR) is 111 cm³/mol. The fourth-order valence-electron chi connectivity index (χ4n) is 3.62. The Kier molecular flexibility index (Phi) is 4.01. The minimum absolute atomic E-state index is 0.0471. The summed E-state index contributed by atoms with van der Waals surface area (Å²) in [6, 6.07) is -1.13. The van der Waals surface area contributed by atoms with Gasteiger partial charge in [0.2, 0.25) is 11.9 Å². The monoisotopic (exact) mass is 454 g/mol. The third kappa shape index (κ3) is 4.09. The first-order chi connectivity index (χ1) is 17.7. The molecule has 0 radical (unpaired) electrons. The second-order valence-electron chi connectivity index (χ2n) is 7.38. The molecular weight excluding hydrogens is 425 g/mol. The van der Waals surface area contributed by atoms with Gasteiger partial charge < -0.3 is 20.5 Å². The number of rotatable bonds is 5. The van der Waals surface area contributed by atoms with E-state index in [4.69, 9.17) is 13.0 Å². The number of aliphatic hydroxyl groups is 1. The molecule has 32 heavy (non-hydrogen) atoms. The standard InChI is InChI=1S/C21H23F3N6O2/c22-11-7-15(23)18(16(24)8-11)28-21-27-17-9-25-20(26-12-1-3-14(31)4-2-12)29-19(17)30(21)13-5-6-32-10-13/h7-9,12-14,31H,1-6,10H2,(H,27,28)(H,25,26,29)/i1D2,2D2,3D2. The fraction of sp³-hybridized carbons (Fsp3) is 0.476. The van der Waals surface area contributed by atoms with Crippen molar-refractivity contribution in [1.29, 1.82) is 0 Å². The third-order valence-electron chi connectivity index (χ3n) is 5.13. The van der Waals surface area contributed by atoms with E-state index in [1.54, 1.807) is 0 Å². The largest absolute Gasteiger partial charge is 0.393 e. The Morgan fingerprint density at radius 2 is 1.94 bits per heavy atom. The summed E-state index contributed by atoms with van der Waals surface area (Å²) in [7, 11) is 0. The van der Waals surface area contributed by atoms with Crippen LogP contribution in [0.3, 0.4) is 0 Å². The first-order valence-corrected chi connectivity index (χ1v) is 9.91. The molecule has 8 nitrogen and oxygen atoms in total. The lowest BCUT2D eigenvalue weighted by Gasteiger charge is -2.26. The topological polar surface area (TPSA) is 97.1 Å². The number of ether oxygens (including phenoxy) is 1. The zero-order valence-corrected chi connectivity index (χ0v) is 16.6. The molecule has 3 N–H and O–H groups in total. The van der Waals surface area contributed by atoms with E-state index in [0.29, 0.717) is 25.2 Å². The minimum Gasteiger partial charge on any atom is -0.393 e. The molecule has 3 unspecified atom stereocenters. The predicted octanol–water partition coefficient (Wildman–Crippen LogP) is 3.66. The number of anilines is 3. The average molecular weight is 454 g/mol. The Morgan fingerprint density at radius 1 is 1.12 bits per heavy atom. The molecule has 1 aliphatic carbocycles. The van der Waals surface area contributed by atoms with Gasteiger partial charge in [-0.05, 0) is 32.0 Å². The number of halogens is 3. The zero-order valence-electron chi connectivity index (χ0n) is 22.6. The lowest BCUT2D eigenvalue weighted by Crippen LogP contribution is -2.29. The quantitative estimate of drug-likeness (QED) is 0.541. The Hall–Kier alpha value is -2.92. The highest BCUT2D eigenvalue weighted by molar-refractivity contribution is 5.76. The summed E-state index contributed by atoms with van der Waals surface area (Å²) in [6.45, 7) is 0.603. The second-order valence-corrected chi connectivity index (χ2v) is 7.38. The summed E-state index contributed by atoms with van der Waals surface area (Å²) >= 11 is 0. The Morgan fingerprint density at radius 3 is 2.69 bits per heavy atom. The van der Waals surface area contributed by atoms with Crippen molar-refractivity contribution in [3.05, 3.63) is 35.8 Å². The van der Waals surface area contributed by atoms with Crippen LogP contribution in [0.25, 0.3) is 11.2 Å². The van der Waals surface area contributed by atoms with Gasteiger partial charge in [-0.2, -0.15) is 4.98 Å². The highest BCUT2D eigenvalue weighted by Crippen LogP contribution is 2.32. The van der Waals surface area contributed by atoms with Crippen molar-refractivity contribution < 1.29 is 31.2 Å². The van der Waals surface area contributed by atoms with Crippen LogP contribution in [0.15, 0.2) is 18.3 Å². The molecule has 0 spiro atoms. The molecule has 3 aromatic rings. The fourth-order valence-corrected chi connectivity index (χ4v) is 3.62. The van der Waals surface area contributed by atoms with Crippen molar-refractivity contribution >= 4 is 28.7 Å². The van der Waals surface area contributed by atoms with Gasteiger partial charge in [0.1, 0.15) is 17.0 Å². The lowest BCUT2D eigenvalue weighted by atomic mass is 9.93. The van der Waals surface area contributed by atoms with Gasteiger partial charge in [-0.25, -0.2) is 23.1 Å². The summed E-state index contributed by atoms with van der Waals surface area (Å²) in [5.41, 5.74) is -0.325. The van der Waals surface area contributed by atoms with E-state index in [-0.39, 0.29) is 35.7 Å². The smallest absolute Gasteiger partial charge is 0.224 e. The molecule has 0 bridgehead atoms. The number of nitrogens with zero attached hydrogens (tertiary/aromatic N) is 4. The van der Waals surface area contributed by atoms with E-state index in [2.05, 4.69) is 25.6 Å². The van der Waals surface area contributed by atoms with Crippen LogP contribution in [-0.2, 0) is 4.74 Å². The van der Waals surface area contributed by atoms with Crippen molar-refractivity contribution in [2.75, 3.05) is 23.8 Å². The van der Waals surface area contributed by atoms with Crippen LogP contribution in [0.5, 0.6) is 0 Å². The number of hydrogen-bond donors (Lipinski definition) is 3. The minimum atomic E-state index is -2.86. The van der Waals surface area contributed by atoms with Crippen LogP contribution < -0.4 is 10.6 Å². The van der Waals surface area contributed by atoms with Gasteiger partial charge in [0, 0.05) is 33.0 Å². The van der Waals surface area contributed by atoms with Gasteiger partial charge in [-0.1, -0.05) is 0 Å². The highest BCUT2D eigenvalue weighted by atomic mass is 19.1. The van der Waals surface area contributed by atoms with Gasteiger partial charge >= 0.3 is 0 Å². The first-order valence-electron chi connectivity index (χ1n) is 12.9. The van der Waals surface area contributed by atoms with E-state index in [9.17, 15) is 18.3 Å². The summed E-state index contributed by atoms with van der Waals surface area (Å²) in [6.07, 6.45) is -8.83. The van der Waals surface area contributed by atoms with Crippen LogP contribution in [0.2, 0.25) is 0 Å². The molecule has 2 aromatic heterocycles. The normalized spacial score (nSPS) is 31.1. The maximum absolute atomic E-state index is 14.4. The number of hydrogen-bond acceptors (Lipinski definition) is 7. The summed E-state index contributed by atoms with van der Waals surface area (Å²) in [4.78, 5) is 12.7. The number of aliphatic hydroxyl groups excluding tert-OH is 1. The number of fused-ring (bicyclic) bond motifs is 1. The third-order valence-corrected chi connectivity index (χ3v) is 5.13. The molecule has 1 aliphatic heterocycles. The molecule has 1 saturated carbocycles. The summed E-state index contributed by atoms with van der Waals surface area (Å²) in [5, 5.41) is 15.1. The van der Waals surface area contributed by atoms with Gasteiger partial charge in [0.15, 0.2) is 17.3 Å². The number of imidazole rings is 1. The molecule has 170 valence electrons. The van der Waals surface area contributed by atoms with Crippen LogP contribution in [0, 0.1) is 17.5 Å². The number of benzene rings is 1. The van der Waals surface area contributed by atoms with Crippen molar-refractivity contribution in [3.8, 4) is 0 Å². The molecule has 2 aliphatic rings. The first kappa shape index (κ1) is 15.0. The van der Waals surface area contributed by atoms with Crippen molar-refractivity contribution in [1.82, 2.24) is 19.5 Å². The highest BCUT2D eigenvalue weighted by Gasteiger charge is 2.27. The van der Waals surface area contributed by atoms with Gasteiger partial charge in [-0.3, -0.25) is 4.57 Å². The van der Waals surface area contributed by atoms with Crippen molar-refractivity contribution in [2.45, 2.75) is 50.1 Å². The molecule has 1 saturated heterocycles. The summed E-state index contributed by atoms with van der Waals surface area (Å²) < 4.78 is 98.2. The molecule has 2 fully saturated rings. The second kappa shape index (κ2) is 8.55. The zero-order chi connectivity index (χ0) is 27.6. The molecule has 11 heteroatoms.